The molecule has 3 rings (SSSR count). The zero-order valence-corrected chi connectivity index (χ0v) is 21.9. The van der Waals surface area contributed by atoms with Gasteiger partial charge in [0.2, 0.25) is 10.0 Å². The second kappa shape index (κ2) is 11.9. The van der Waals surface area contributed by atoms with E-state index in [0.29, 0.717) is 18.8 Å². The molecule has 1 aliphatic carbocycles. The van der Waals surface area contributed by atoms with Crippen LogP contribution in [-0.2, 0) is 29.1 Å². The zero-order valence-electron chi connectivity index (χ0n) is 21.1. The van der Waals surface area contributed by atoms with Gasteiger partial charge in [-0.3, -0.25) is 0 Å². The summed E-state index contributed by atoms with van der Waals surface area (Å²) in [7, 11) is -1.75. The van der Waals surface area contributed by atoms with E-state index in [4.69, 9.17) is 9.47 Å². The maximum Gasteiger partial charge on any atom is 0.355 e. The molecule has 9 nitrogen and oxygen atoms in total. The molecule has 0 aromatic heterocycles. The van der Waals surface area contributed by atoms with Crippen molar-refractivity contribution in [2.75, 3.05) is 25.7 Å². The number of allylic oxidation sites excluding steroid dienone is 2. The number of carbonyl (C=O) groups is 2. The molecule has 1 aromatic rings. The highest BCUT2D eigenvalue weighted by Crippen LogP contribution is 2.36. The maximum absolute atomic E-state index is 14.1. The van der Waals surface area contributed by atoms with Crippen molar-refractivity contribution in [3.63, 3.8) is 0 Å². The monoisotopic (exact) mass is 518 g/mol. The standard InChI is InChI=1S/C26H34N2O7S/c1-18-12-14-20(15-13-18)28(17-19(2)29)36(32,33)23-11-6-5-10-22(23)27-16-8-7-9-21(25(30)34-3)24(27)26(31)35-4/h5-11,16,18-20,29H,12-15,17H2,1-4H3. The van der Waals surface area contributed by atoms with Gasteiger partial charge in [0, 0.05) is 18.8 Å². The van der Waals surface area contributed by atoms with Crippen molar-refractivity contribution in [1.82, 2.24) is 4.31 Å². The Labute approximate surface area is 212 Å². The number of sulfonamides is 1. The van der Waals surface area contributed by atoms with E-state index in [1.54, 1.807) is 37.3 Å². The van der Waals surface area contributed by atoms with E-state index >= 15 is 0 Å². The lowest BCUT2D eigenvalue weighted by atomic mass is 9.87. The Morgan fingerprint density at radius 1 is 1.08 bits per heavy atom. The quantitative estimate of drug-likeness (QED) is 0.522. The van der Waals surface area contributed by atoms with Gasteiger partial charge in [0.25, 0.3) is 0 Å². The van der Waals surface area contributed by atoms with Crippen molar-refractivity contribution in [2.24, 2.45) is 5.92 Å². The molecule has 0 saturated heterocycles. The van der Waals surface area contributed by atoms with Crippen molar-refractivity contribution in [1.29, 1.82) is 0 Å². The molecule has 0 spiro atoms. The van der Waals surface area contributed by atoms with E-state index in [2.05, 4.69) is 6.92 Å². The summed E-state index contributed by atoms with van der Waals surface area (Å²) in [4.78, 5) is 26.7. The molecule has 1 unspecified atom stereocenters. The number of para-hydroxylation sites is 1. The van der Waals surface area contributed by atoms with Gasteiger partial charge in [0.05, 0.1) is 31.6 Å². The second-order valence-corrected chi connectivity index (χ2v) is 11.0. The molecule has 1 aliphatic heterocycles. The van der Waals surface area contributed by atoms with Crippen molar-refractivity contribution in [2.45, 2.75) is 56.6 Å². The fraction of sp³-hybridized carbons (Fsp3) is 0.462. The van der Waals surface area contributed by atoms with Crippen molar-refractivity contribution in [3.8, 4) is 0 Å². The Kier molecular flexibility index (Phi) is 9.10. The number of hydrogen-bond donors (Lipinski definition) is 1. The molecular weight excluding hydrogens is 484 g/mol. The largest absolute Gasteiger partial charge is 0.465 e. The molecule has 1 fully saturated rings. The number of nitrogens with zero attached hydrogens (tertiary/aromatic N) is 2. The third-order valence-corrected chi connectivity index (χ3v) is 8.40. The Morgan fingerprint density at radius 3 is 2.33 bits per heavy atom. The molecule has 1 heterocycles. The van der Waals surface area contributed by atoms with Crippen LogP contribution in [0.2, 0.25) is 0 Å². The van der Waals surface area contributed by atoms with Gasteiger partial charge in [0.15, 0.2) is 0 Å². The van der Waals surface area contributed by atoms with E-state index in [0.717, 1.165) is 12.8 Å². The summed E-state index contributed by atoms with van der Waals surface area (Å²) < 4.78 is 39.5. The van der Waals surface area contributed by atoms with Crippen LogP contribution in [0, 0.1) is 5.92 Å². The lowest BCUT2D eigenvalue weighted by Crippen LogP contribution is -2.45. The van der Waals surface area contributed by atoms with Gasteiger partial charge in [0.1, 0.15) is 10.6 Å². The highest BCUT2D eigenvalue weighted by Gasteiger charge is 2.37. The fourth-order valence-electron chi connectivity index (χ4n) is 4.59. The van der Waals surface area contributed by atoms with Crippen molar-refractivity contribution < 1.29 is 32.6 Å². The van der Waals surface area contributed by atoms with Gasteiger partial charge < -0.3 is 19.5 Å². The molecular formula is C26H34N2O7S. The highest BCUT2D eigenvalue weighted by atomic mass is 32.2. The number of carbonyl (C=O) groups excluding carboxylic acids is 2. The number of benzene rings is 1. The first-order chi connectivity index (χ1) is 17.1. The minimum absolute atomic E-state index is 0.0542. The van der Waals surface area contributed by atoms with Gasteiger partial charge in [-0.2, -0.15) is 4.31 Å². The first-order valence-corrected chi connectivity index (χ1v) is 13.4. The number of hydrogen-bond acceptors (Lipinski definition) is 8. The minimum Gasteiger partial charge on any atom is -0.465 e. The minimum atomic E-state index is -4.12. The predicted molar refractivity (Wildman–Crippen MR) is 135 cm³/mol. The van der Waals surface area contributed by atoms with Crippen LogP contribution >= 0.6 is 0 Å². The predicted octanol–water partition coefficient (Wildman–Crippen LogP) is 3.13. The van der Waals surface area contributed by atoms with E-state index < -0.39 is 28.1 Å². The molecule has 1 saturated carbocycles. The highest BCUT2D eigenvalue weighted by molar-refractivity contribution is 7.89. The Morgan fingerprint density at radius 2 is 1.72 bits per heavy atom. The van der Waals surface area contributed by atoms with Crippen LogP contribution in [0.1, 0.15) is 39.5 Å². The van der Waals surface area contributed by atoms with Gasteiger partial charge in [-0.05, 0) is 62.8 Å². The van der Waals surface area contributed by atoms with Crippen LogP contribution in [-0.4, -0.2) is 62.7 Å². The lowest BCUT2D eigenvalue weighted by molar-refractivity contribution is -0.139. The molecule has 10 heteroatoms. The number of aliphatic hydroxyl groups is 1. The van der Waals surface area contributed by atoms with E-state index in [1.807, 2.05) is 0 Å². The summed E-state index contributed by atoms with van der Waals surface area (Å²) in [6, 6.07) is 6.02. The average molecular weight is 519 g/mol. The number of methoxy groups -OCH3 is 2. The number of rotatable bonds is 8. The first kappa shape index (κ1) is 27.6. The van der Waals surface area contributed by atoms with Gasteiger partial charge in [-0.1, -0.05) is 25.1 Å². The smallest absolute Gasteiger partial charge is 0.355 e. The normalized spacial score (nSPS) is 21.3. The van der Waals surface area contributed by atoms with Gasteiger partial charge >= 0.3 is 11.9 Å². The fourth-order valence-corrected chi connectivity index (χ4v) is 6.54. The summed E-state index contributed by atoms with van der Waals surface area (Å²) in [6.45, 7) is 3.66. The van der Waals surface area contributed by atoms with Crippen LogP contribution in [0.4, 0.5) is 5.69 Å². The van der Waals surface area contributed by atoms with Crippen molar-refractivity contribution >= 4 is 27.6 Å². The van der Waals surface area contributed by atoms with Crippen LogP contribution in [0.25, 0.3) is 0 Å². The molecule has 1 aromatic carbocycles. The number of esters is 2. The molecule has 1 atom stereocenters. The molecule has 36 heavy (non-hydrogen) atoms. The summed E-state index contributed by atoms with van der Waals surface area (Å²) in [6.07, 6.45) is 8.36. The Balaban J connectivity index is 2.18. The van der Waals surface area contributed by atoms with Crippen LogP contribution in [0.15, 0.2) is 64.9 Å². The topological polar surface area (TPSA) is 113 Å². The molecule has 0 bridgehead atoms. The first-order valence-electron chi connectivity index (χ1n) is 12.0. The average Bonchev–Trinajstić information content (AvgIpc) is 3.10. The second-order valence-electron chi connectivity index (χ2n) is 9.12. The number of ether oxygens (including phenoxy) is 2. The summed E-state index contributed by atoms with van der Waals surface area (Å²) in [5, 5.41) is 10.2. The molecule has 0 amide bonds. The zero-order chi connectivity index (χ0) is 26.5. The van der Waals surface area contributed by atoms with E-state index in [9.17, 15) is 23.1 Å². The summed E-state index contributed by atoms with van der Waals surface area (Å²) >= 11 is 0. The Bertz CT molecular complexity index is 1160. The third-order valence-electron chi connectivity index (χ3n) is 6.44. The van der Waals surface area contributed by atoms with Gasteiger partial charge in [-0.15, -0.1) is 0 Å². The number of anilines is 1. The van der Waals surface area contributed by atoms with Gasteiger partial charge in [-0.25, -0.2) is 18.0 Å². The van der Waals surface area contributed by atoms with Crippen LogP contribution in [0.3, 0.4) is 0 Å². The van der Waals surface area contributed by atoms with E-state index in [1.165, 1.54) is 41.8 Å². The summed E-state index contributed by atoms with van der Waals surface area (Å²) in [5.41, 5.74) is -0.0896. The SMILES string of the molecule is COC(=O)C1=C(C(=O)OC)N(c2ccccc2S(=O)(=O)N(CC(C)O)C2CCC(C)CC2)C=CC=C1. The molecule has 1 N–H and O–H groups in total. The molecule has 2 aliphatic rings. The molecule has 196 valence electrons. The lowest BCUT2D eigenvalue weighted by Gasteiger charge is -2.36. The van der Waals surface area contributed by atoms with Crippen LogP contribution < -0.4 is 4.90 Å². The van der Waals surface area contributed by atoms with Crippen molar-refractivity contribution in [3.05, 3.63) is 60.0 Å². The summed E-state index contributed by atoms with van der Waals surface area (Å²) in [5.74, 6) is -1.09. The Hall–Kier alpha value is -2.95. The number of aliphatic hydroxyl groups excluding tert-OH is 1. The molecule has 0 radical (unpaired) electrons. The maximum atomic E-state index is 14.1. The van der Waals surface area contributed by atoms with Crippen LogP contribution in [0.5, 0.6) is 0 Å². The third kappa shape index (κ3) is 5.88. The van der Waals surface area contributed by atoms with E-state index in [-0.39, 0.29) is 34.4 Å².